The van der Waals surface area contributed by atoms with Crippen molar-refractivity contribution in [2.45, 2.75) is 25.8 Å². The van der Waals surface area contributed by atoms with Gasteiger partial charge in [-0.2, -0.15) is 5.10 Å². The summed E-state index contributed by atoms with van der Waals surface area (Å²) in [5.74, 6) is 1.42. The Kier molecular flexibility index (Phi) is 5.33. The van der Waals surface area contributed by atoms with E-state index in [-0.39, 0.29) is 17.9 Å². The van der Waals surface area contributed by atoms with E-state index in [1.807, 2.05) is 67.7 Å². The largest absolute Gasteiger partial charge is 0.489 e. The first kappa shape index (κ1) is 20.2. The molecule has 1 atom stereocenters. The molecule has 1 saturated carbocycles. The van der Waals surface area contributed by atoms with Gasteiger partial charge in [0.2, 0.25) is 5.91 Å². The van der Waals surface area contributed by atoms with Crippen LogP contribution in [0, 0.1) is 12.8 Å². The molecule has 1 fully saturated rings. The molecule has 1 aromatic carbocycles. The number of carbonyl (C=O) groups is 1. The minimum atomic E-state index is -0.236. The number of hydrogen-bond donors (Lipinski definition) is 2. The SMILES string of the molecule is Cc1cc(-c2ccn3nc(NC(=O)C4CC4)cc3c2)c(OC[C@@H](N)c2ccccc2)cn1. The smallest absolute Gasteiger partial charge is 0.228 e. The number of nitrogens with zero attached hydrogens (tertiary/aromatic N) is 3. The molecular weight excluding hydrogens is 402 g/mol. The number of rotatable bonds is 7. The maximum absolute atomic E-state index is 12.1. The van der Waals surface area contributed by atoms with Crippen LogP contribution < -0.4 is 15.8 Å². The van der Waals surface area contributed by atoms with Crippen molar-refractivity contribution in [2.24, 2.45) is 11.7 Å². The van der Waals surface area contributed by atoms with E-state index in [0.29, 0.717) is 18.2 Å². The lowest BCUT2D eigenvalue weighted by Crippen LogP contribution is -2.19. The molecule has 3 aromatic heterocycles. The second-order valence-corrected chi connectivity index (χ2v) is 8.23. The molecule has 0 bridgehead atoms. The lowest BCUT2D eigenvalue weighted by atomic mass is 10.1. The Morgan fingerprint density at radius 1 is 1.22 bits per heavy atom. The van der Waals surface area contributed by atoms with Gasteiger partial charge in [0.05, 0.1) is 17.8 Å². The Bertz CT molecular complexity index is 1260. The van der Waals surface area contributed by atoms with Crippen LogP contribution in [0.25, 0.3) is 16.6 Å². The number of amides is 1. The number of fused-ring (bicyclic) bond motifs is 1. The van der Waals surface area contributed by atoms with Crippen molar-refractivity contribution in [2.75, 3.05) is 11.9 Å². The summed E-state index contributed by atoms with van der Waals surface area (Å²) in [6, 6.07) is 17.5. The summed E-state index contributed by atoms with van der Waals surface area (Å²) < 4.78 is 7.85. The third-order valence-electron chi connectivity index (χ3n) is 5.62. The Hall–Kier alpha value is -3.71. The van der Waals surface area contributed by atoms with Crippen LogP contribution in [-0.2, 0) is 4.79 Å². The normalized spacial score (nSPS) is 14.3. The van der Waals surface area contributed by atoms with E-state index in [9.17, 15) is 4.79 Å². The first-order valence-electron chi connectivity index (χ1n) is 10.8. The van der Waals surface area contributed by atoms with Gasteiger partial charge in [0.1, 0.15) is 12.4 Å². The molecular formula is C25H25N5O2. The number of ether oxygens (including phenoxy) is 1. The molecule has 3 heterocycles. The van der Waals surface area contributed by atoms with E-state index in [2.05, 4.69) is 15.4 Å². The summed E-state index contributed by atoms with van der Waals surface area (Å²) in [5.41, 5.74) is 11.0. The van der Waals surface area contributed by atoms with Gasteiger partial charge in [0, 0.05) is 29.4 Å². The van der Waals surface area contributed by atoms with E-state index in [1.54, 1.807) is 10.7 Å². The minimum absolute atomic E-state index is 0.0452. The molecule has 0 spiro atoms. The van der Waals surface area contributed by atoms with Crippen molar-refractivity contribution in [1.29, 1.82) is 0 Å². The number of nitrogens with two attached hydrogens (primary N) is 1. The van der Waals surface area contributed by atoms with Gasteiger partial charge in [0.15, 0.2) is 5.82 Å². The third-order valence-corrected chi connectivity index (χ3v) is 5.62. The highest BCUT2D eigenvalue weighted by Gasteiger charge is 2.30. The number of hydrogen-bond acceptors (Lipinski definition) is 5. The van der Waals surface area contributed by atoms with Crippen molar-refractivity contribution in [3.8, 4) is 16.9 Å². The molecule has 0 radical (unpaired) electrons. The summed E-state index contributed by atoms with van der Waals surface area (Å²) in [6.45, 7) is 2.29. The number of aryl methyl sites for hydroxylation is 1. The van der Waals surface area contributed by atoms with Crippen LogP contribution in [0.3, 0.4) is 0 Å². The summed E-state index contributed by atoms with van der Waals surface area (Å²) in [6.07, 6.45) is 5.54. The van der Waals surface area contributed by atoms with Crippen molar-refractivity contribution in [3.05, 3.63) is 78.2 Å². The number of benzene rings is 1. The van der Waals surface area contributed by atoms with Gasteiger partial charge in [-0.25, -0.2) is 4.52 Å². The van der Waals surface area contributed by atoms with Crippen LogP contribution in [0.15, 0.2) is 67.0 Å². The van der Waals surface area contributed by atoms with Crippen LogP contribution in [0.2, 0.25) is 0 Å². The maximum atomic E-state index is 12.1. The molecule has 5 rings (SSSR count). The third kappa shape index (κ3) is 4.33. The minimum Gasteiger partial charge on any atom is -0.489 e. The second kappa shape index (κ2) is 8.43. The molecule has 1 aliphatic carbocycles. The number of carbonyl (C=O) groups excluding carboxylic acids is 1. The van der Waals surface area contributed by atoms with E-state index in [4.69, 9.17) is 10.5 Å². The van der Waals surface area contributed by atoms with Gasteiger partial charge in [-0.05, 0) is 49.1 Å². The standard InChI is InChI=1S/C25H25N5O2/c1-16-11-21(23(14-27-16)32-15-22(26)17-5-3-2-4-6-17)19-9-10-30-20(12-19)13-24(29-30)28-25(31)18-7-8-18/h2-6,9-14,18,22H,7-8,15,26H2,1H3,(H,28,29,31)/t22-/m1/s1. The zero-order chi connectivity index (χ0) is 22.1. The highest BCUT2D eigenvalue weighted by Crippen LogP contribution is 2.33. The zero-order valence-corrected chi connectivity index (χ0v) is 17.9. The Morgan fingerprint density at radius 3 is 2.81 bits per heavy atom. The number of pyridine rings is 2. The lowest BCUT2D eigenvalue weighted by molar-refractivity contribution is -0.117. The van der Waals surface area contributed by atoms with E-state index < -0.39 is 0 Å². The van der Waals surface area contributed by atoms with Crippen molar-refractivity contribution in [3.63, 3.8) is 0 Å². The summed E-state index contributed by atoms with van der Waals surface area (Å²) in [4.78, 5) is 16.5. The molecule has 32 heavy (non-hydrogen) atoms. The Morgan fingerprint density at radius 2 is 2.03 bits per heavy atom. The predicted molar refractivity (Wildman–Crippen MR) is 123 cm³/mol. The average molecular weight is 428 g/mol. The van der Waals surface area contributed by atoms with Gasteiger partial charge >= 0.3 is 0 Å². The van der Waals surface area contributed by atoms with Gasteiger partial charge < -0.3 is 15.8 Å². The first-order valence-corrected chi connectivity index (χ1v) is 10.8. The predicted octanol–water partition coefficient (Wildman–Crippen LogP) is 4.13. The Labute approximate surface area is 186 Å². The molecule has 4 aromatic rings. The van der Waals surface area contributed by atoms with Crippen molar-refractivity contribution >= 4 is 17.2 Å². The zero-order valence-electron chi connectivity index (χ0n) is 17.9. The van der Waals surface area contributed by atoms with Crippen LogP contribution in [0.4, 0.5) is 5.82 Å². The fraction of sp³-hybridized carbons (Fsp3) is 0.240. The molecule has 1 amide bonds. The molecule has 162 valence electrons. The molecule has 0 unspecified atom stereocenters. The van der Waals surface area contributed by atoms with Crippen LogP contribution in [-0.4, -0.2) is 27.1 Å². The number of aromatic nitrogens is 3. The van der Waals surface area contributed by atoms with Gasteiger partial charge in [0.25, 0.3) is 0 Å². The quantitative estimate of drug-likeness (QED) is 0.462. The number of nitrogens with one attached hydrogen (secondary N) is 1. The molecule has 3 N–H and O–H groups in total. The van der Waals surface area contributed by atoms with Gasteiger partial charge in [-0.3, -0.25) is 9.78 Å². The van der Waals surface area contributed by atoms with E-state index >= 15 is 0 Å². The molecule has 1 aliphatic rings. The fourth-order valence-electron chi connectivity index (χ4n) is 3.66. The highest BCUT2D eigenvalue weighted by atomic mass is 16.5. The summed E-state index contributed by atoms with van der Waals surface area (Å²) in [5, 5.41) is 7.36. The number of anilines is 1. The average Bonchev–Trinajstić information content (AvgIpc) is 3.59. The molecule has 0 saturated heterocycles. The molecule has 0 aliphatic heterocycles. The van der Waals surface area contributed by atoms with Crippen LogP contribution in [0.5, 0.6) is 5.75 Å². The Balaban J connectivity index is 1.39. The van der Waals surface area contributed by atoms with Crippen LogP contribution >= 0.6 is 0 Å². The molecule has 7 heteroatoms. The van der Waals surface area contributed by atoms with Crippen molar-refractivity contribution in [1.82, 2.24) is 14.6 Å². The monoisotopic (exact) mass is 427 g/mol. The lowest BCUT2D eigenvalue weighted by Gasteiger charge is -2.16. The highest BCUT2D eigenvalue weighted by molar-refractivity contribution is 5.93. The van der Waals surface area contributed by atoms with Gasteiger partial charge in [-0.1, -0.05) is 30.3 Å². The summed E-state index contributed by atoms with van der Waals surface area (Å²) in [7, 11) is 0. The van der Waals surface area contributed by atoms with Crippen LogP contribution in [0.1, 0.15) is 30.1 Å². The van der Waals surface area contributed by atoms with Crippen molar-refractivity contribution < 1.29 is 9.53 Å². The maximum Gasteiger partial charge on any atom is 0.228 e. The first-order chi connectivity index (χ1) is 15.6. The van der Waals surface area contributed by atoms with Gasteiger partial charge in [-0.15, -0.1) is 0 Å². The fourth-order valence-corrected chi connectivity index (χ4v) is 3.66. The van der Waals surface area contributed by atoms with E-state index in [0.717, 1.165) is 40.7 Å². The van der Waals surface area contributed by atoms with E-state index in [1.165, 1.54) is 0 Å². The second-order valence-electron chi connectivity index (χ2n) is 8.23. The summed E-state index contributed by atoms with van der Waals surface area (Å²) >= 11 is 0. The molecule has 7 nitrogen and oxygen atoms in total. The topological polar surface area (TPSA) is 94.5 Å².